The Labute approximate surface area is 162 Å². The maximum Gasteiger partial charge on any atom is 0.289 e. The Morgan fingerprint density at radius 1 is 1.14 bits per heavy atom. The van der Waals surface area contributed by atoms with Crippen LogP contribution in [-0.4, -0.2) is 61.4 Å². The molecular formula is C20H23N4O4+. The third-order valence-electron chi connectivity index (χ3n) is 5.44. The van der Waals surface area contributed by atoms with Crippen LogP contribution in [0.4, 0.5) is 11.4 Å². The molecule has 1 aromatic carbocycles. The second-order valence-corrected chi connectivity index (χ2v) is 7.14. The van der Waals surface area contributed by atoms with Gasteiger partial charge in [0.2, 0.25) is 5.91 Å². The highest BCUT2D eigenvalue weighted by Gasteiger charge is 2.36. The minimum Gasteiger partial charge on any atom is -0.459 e. The third-order valence-corrected chi connectivity index (χ3v) is 5.44. The van der Waals surface area contributed by atoms with Crippen molar-refractivity contribution >= 4 is 29.1 Å². The largest absolute Gasteiger partial charge is 0.459 e. The summed E-state index contributed by atoms with van der Waals surface area (Å²) in [6.45, 7) is 4.36. The van der Waals surface area contributed by atoms with Gasteiger partial charge in [0.15, 0.2) is 11.8 Å². The second kappa shape index (κ2) is 7.47. The standard InChI is InChI=1S/C20H22N4O4/c1-14(19(26)24-13-18(25)21-15-5-2-3-6-16(15)24)22-8-10-23(11-9-22)20(27)17-7-4-12-28-17/h2-7,12,14H,8-11,13H2,1H3,(H,21,25)/p+1/t14-/m1/s1. The zero-order chi connectivity index (χ0) is 19.7. The van der Waals surface area contributed by atoms with Gasteiger partial charge in [0.25, 0.3) is 11.8 Å². The number of carbonyl (C=O) groups excluding carboxylic acids is 3. The van der Waals surface area contributed by atoms with E-state index >= 15 is 0 Å². The molecule has 2 N–H and O–H groups in total. The fourth-order valence-corrected chi connectivity index (χ4v) is 3.82. The molecule has 146 valence electrons. The fourth-order valence-electron chi connectivity index (χ4n) is 3.82. The van der Waals surface area contributed by atoms with Gasteiger partial charge >= 0.3 is 0 Å². The first kappa shape index (κ1) is 18.2. The van der Waals surface area contributed by atoms with Crippen LogP contribution in [0.3, 0.4) is 0 Å². The lowest BCUT2D eigenvalue weighted by Crippen LogP contribution is -3.19. The van der Waals surface area contributed by atoms with Crippen LogP contribution in [0.1, 0.15) is 17.5 Å². The van der Waals surface area contributed by atoms with Crippen LogP contribution in [0, 0.1) is 0 Å². The van der Waals surface area contributed by atoms with E-state index in [1.165, 1.54) is 6.26 Å². The summed E-state index contributed by atoms with van der Waals surface area (Å²) in [6, 6.07) is 10.4. The summed E-state index contributed by atoms with van der Waals surface area (Å²) in [5.41, 5.74) is 1.38. The van der Waals surface area contributed by atoms with Crippen LogP contribution >= 0.6 is 0 Å². The van der Waals surface area contributed by atoms with Crippen molar-refractivity contribution in [1.29, 1.82) is 0 Å². The first-order chi connectivity index (χ1) is 13.5. The molecule has 0 saturated carbocycles. The molecule has 1 saturated heterocycles. The van der Waals surface area contributed by atoms with Gasteiger partial charge in [-0.15, -0.1) is 0 Å². The predicted molar refractivity (Wildman–Crippen MR) is 102 cm³/mol. The zero-order valence-corrected chi connectivity index (χ0v) is 15.7. The fraction of sp³-hybridized carbons (Fsp3) is 0.350. The zero-order valence-electron chi connectivity index (χ0n) is 15.7. The van der Waals surface area contributed by atoms with E-state index in [0.717, 1.165) is 10.6 Å². The van der Waals surface area contributed by atoms with Gasteiger partial charge in [-0.3, -0.25) is 19.3 Å². The molecule has 4 rings (SSSR count). The van der Waals surface area contributed by atoms with Crippen molar-refractivity contribution in [2.75, 3.05) is 42.9 Å². The quantitative estimate of drug-likeness (QED) is 0.781. The van der Waals surface area contributed by atoms with Gasteiger partial charge in [0, 0.05) is 0 Å². The Bertz CT molecular complexity index is 887. The highest BCUT2D eigenvalue weighted by Crippen LogP contribution is 2.29. The summed E-state index contributed by atoms with van der Waals surface area (Å²) in [4.78, 5) is 42.0. The molecule has 8 nitrogen and oxygen atoms in total. The first-order valence-electron chi connectivity index (χ1n) is 9.42. The third kappa shape index (κ3) is 3.38. The van der Waals surface area contributed by atoms with E-state index in [1.54, 1.807) is 28.0 Å². The molecule has 1 atom stereocenters. The average Bonchev–Trinajstić information content (AvgIpc) is 3.26. The number of nitrogens with one attached hydrogen (secondary N) is 2. The minimum absolute atomic E-state index is 0.0244. The Morgan fingerprint density at radius 3 is 2.61 bits per heavy atom. The number of piperazine rings is 1. The molecule has 0 unspecified atom stereocenters. The molecular weight excluding hydrogens is 360 g/mol. The van der Waals surface area contributed by atoms with Crippen molar-refractivity contribution in [2.45, 2.75) is 13.0 Å². The van der Waals surface area contributed by atoms with Crippen LogP contribution in [-0.2, 0) is 9.59 Å². The number of para-hydroxylation sites is 2. The smallest absolute Gasteiger partial charge is 0.289 e. The van der Waals surface area contributed by atoms with E-state index in [1.807, 2.05) is 25.1 Å². The first-order valence-corrected chi connectivity index (χ1v) is 9.42. The lowest BCUT2D eigenvalue weighted by molar-refractivity contribution is -0.917. The van der Waals surface area contributed by atoms with Gasteiger partial charge in [0.05, 0.1) is 43.8 Å². The van der Waals surface area contributed by atoms with Crippen LogP contribution in [0.15, 0.2) is 47.1 Å². The Morgan fingerprint density at radius 2 is 1.89 bits per heavy atom. The molecule has 8 heteroatoms. The Kier molecular flexibility index (Phi) is 4.87. The molecule has 0 bridgehead atoms. The highest BCUT2D eigenvalue weighted by atomic mass is 16.3. The van der Waals surface area contributed by atoms with Gasteiger partial charge < -0.3 is 19.5 Å². The van der Waals surface area contributed by atoms with Crippen LogP contribution < -0.4 is 15.1 Å². The molecule has 0 radical (unpaired) electrons. The van der Waals surface area contributed by atoms with E-state index < -0.39 is 0 Å². The van der Waals surface area contributed by atoms with Gasteiger partial charge in [-0.05, 0) is 31.2 Å². The molecule has 1 fully saturated rings. The maximum absolute atomic E-state index is 13.1. The Balaban J connectivity index is 1.42. The second-order valence-electron chi connectivity index (χ2n) is 7.14. The molecule has 3 amide bonds. The average molecular weight is 383 g/mol. The topological polar surface area (TPSA) is 87.3 Å². The molecule has 28 heavy (non-hydrogen) atoms. The van der Waals surface area contributed by atoms with E-state index in [0.29, 0.717) is 37.6 Å². The predicted octanol–water partition coefficient (Wildman–Crippen LogP) is -0.00590. The summed E-state index contributed by atoms with van der Waals surface area (Å²) in [5, 5.41) is 2.80. The lowest BCUT2D eigenvalue weighted by atomic mass is 10.1. The number of hydrogen-bond donors (Lipinski definition) is 2. The van der Waals surface area contributed by atoms with Crippen LogP contribution in [0.2, 0.25) is 0 Å². The normalized spacial score (nSPS) is 18.4. The number of anilines is 2. The molecule has 1 aromatic heterocycles. The monoisotopic (exact) mass is 383 g/mol. The summed E-state index contributed by atoms with van der Waals surface area (Å²) in [6.07, 6.45) is 1.49. The van der Waals surface area contributed by atoms with Gasteiger partial charge in [0.1, 0.15) is 6.54 Å². The van der Waals surface area contributed by atoms with Crippen molar-refractivity contribution in [3.05, 3.63) is 48.4 Å². The van der Waals surface area contributed by atoms with Gasteiger partial charge in [-0.2, -0.15) is 0 Å². The highest BCUT2D eigenvalue weighted by molar-refractivity contribution is 6.10. The van der Waals surface area contributed by atoms with Crippen molar-refractivity contribution in [3.63, 3.8) is 0 Å². The number of nitrogens with zero attached hydrogens (tertiary/aromatic N) is 2. The minimum atomic E-state index is -0.306. The summed E-state index contributed by atoms with van der Waals surface area (Å²) >= 11 is 0. The Hall–Kier alpha value is -3.13. The number of furan rings is 1. The number of amides is 3. The van der Waals surface area contributed by atoms with Crippen molar-refractivity contribution in [2.24, 2.45) is 0 Å². The van der Waals surface area contributed by atoms with E-state index in [9.17, 15) is 14.4 Å². The summed E-state index contributed by atoms with van der Waals surface area (Å²) in [7, 11) is 0. The van der Waals surface area contributed by atoms with Gasteiger partial charge in [-0.1, -0.05) is 12.1 Å². The molecule has 3 heterocycles. The number of fused-ring (bicyclic) bond motifs is 1. The maximum atomic E-state index is 13.1. The van der Waals surface area contributed by atoms with Crippen LogP contribution in [0.25, 0.3) is 0 Å². The number of rotatable bonds is 3. The molecule has 2 aliphatic heterocycles. The number of quaternary nitrogens is 1. The van der Waals surface area contributed by atoms with Crippen LogP contribution in [0.5, 0.6) is 0 Å². The molecule has 2 aromatic rings. The number of benzene rings is 1. The van der Waals surface area contributed by atoms with Crippen molar-refractivity contribution < 1.29 is 23.7 Å². The summed E-state index contributed by atoms with van der Waals surface area (Å²) in [5.74, 6) is -0.0561. The van der Waals surface area contributed by atoms with Gasteiger partial charge in [-0.25, -0.2) is 0 Å². The van der Waals surface area contributed by atoms with E-state index in [2.05, 4.69) is 5.32 Å². The number of hydrogen-bond acceptors (Lipinski definition) is 4. The number of carbonyl (C=O) groups is 3. The van der Waals surface area contributed by atoms with Crippen molar-refractivity contribution in [1.82, 2.24) is 4.90 Å². The SMILES string of the molecule is C[C@H](C(=O)N1CC(=O)Nc2ccccc21)[NH+]1CCN(C(=O)c2ccco2)CC1. The summed E-state index contributed by atoms with van der Waals surface area (Å²) < 4.78 is 5.19. The van der Waals surface area contributed by atoms with E-state index in [4.69, 9.17) is 4.42 Å². The van der Waals surface area contributed by atoms with E-state index in [-0.39, 0.29) is 30.3 Å². The van der Waals surface area contributed by atoms with Crippen molar-refractivity contribution in [3.8, 4) is 0 Å². The molecule has 0 aliphatic carbocycles. The molecule has 0 spiro atoms. The molecule has 2 aliphatic rings. The lowest BCUT2D eigenvalue weighted by Gasteiger charge is -2.37.